The summed E-state index contributed by atoms with van der Waals surface area (Å²) < 4.78 is 30.5. The first kappa shape index (κ1) is 25.7. The molecule has 0 aliphatic heterocycles. The van der Waals surface area contributed by atoms with Crippen molar-refractivity contribution in [1.82, 2.24) is 15.8 Å². The maximum Gasteiger partial charge on any atom is 0.275 e. The SMILES string of the molecule is COc1cc(F)c(C(Nc2ccc(C(=N)N)cc2)C(=O)NNC(=O)c2cccnc2OC)cc1OC. The average molecular weight is 496 g/mol. The van der Waals surface area contributed by atoms with E-state index in [0.29, 0.717) is 11.3 Å². The highest BCUT2D eigenvalue weighted by molar-refractivity contribution is 5.98. The number of aromatic nitrogens is 1. The van der Waals surface area contributed by atoms with Gasteiger partial charge in [-0.1, -0.05) is 0 Å². The monoisotopic (exact) mass is 496 g/mol. The molecule has 3 rings (SSSR count). The van der Waals surface area contributed by atoms with Crippen molar-refractivity contribution in [2.75, 3.05) is 26.6 Å². The maximum atomic E-state index is 15.1. The van der Waals surface area contributed by atoms with E-state index in [1.165, 1.54) is 45.7 Å². The Balaban J connectivity index is 1.91. The second-order valence-corrected chi connectivity index (χ2v) is 7.30. The van der Waals surface area contributed by atoms with Crippen LogP contribution in [0.1, 0.15) is 27.5 Å². The van der Waals surface area contributed by atoms with Crippen LogP contribution in [-0.2, 0) is 4.79 Å². The summed E-state index contributed by atoms with van der Waals surface area (Å²) in [6, 6.07) is 10.4. The number of amidine groups is 1. The van der Waals surface area contributed by atoms with Crippen LogP contribution < -0.4 is 36.1 Å². The molecule has 6 N–H and O–H groups in total. The zero-order valence-electron chi connectivity index (χ0n) is 19.7. The van der Waals surface area contributed by atoms with Crippen molar-refractivity contribution in [2.24, 2.45) is 5.73 Å². The summed E-state index contributed by atoms with van der Waals surface area (Å²) in [5.41, 5.74) is 11.0. The van der Waals surface area contributed by atoms with Crippen LogP contribution in [0, 0.1) is 11.2 Å². The first-order valence-corrected chi connectivity index (χ1v) is 10.5. The van der Waals surface area contributed by atoms with Crippen LogP contribution in [0.15, 0.2) is 54.7 Å². The molecule has 11 nitrogen and oxygen atoms in total. The minimum atomic E-state index is -1.32. The average Bonchev–Trinajstić information content (AvgIpc) is 2.90. The molecule has 1 unspecified atom stereocenters. The Morgan fingerprint density at radius 1 is 1.00 bits per heavy atom. The number of carbonyl (C=O) groups excluding carboxylic acids is 2. The van der Waals surface area contributed by atoms with Gasteiger partial charge in [0.1, 0.15) is 23.3 Å². The molecule has 0 aliphatic carbocycles. The molecule has 0 saturated heterocycles. The van der Waals surface area contributed by atoms with Crippen LogP contribution in [-0.4, -0.2) is 44.0 Å². The van der Waals surface area contributed by atoms with Crippen LogP contribution in [0.4, 0.5) is 10.1 Å². The van der Waals surface area contributed by atoms with Gasteiger partial charge >= 0.3 is 0 Å². The molecule has 1 heterocycles. The molecule has 12 heteroatoms. The molecule has 2 aromatic carbocycles. The van der Waals surface area contributed by atoms with E-state index in [2.05, 4.69) is 21.2 Å². The van der Waals surface area contributed by atoms with Crippen LogP contribution in [0.3, 0.4) is 0 Å². The number of pyridine rings is 1. The number of carbonyl (C=O) groups is 2. The molecule has 0 aliphatic rings. The highest BCUT2D eigenvalue weighted by atomic mass is 19.1. The van der Waals surface area contributed by atoms with E-state index in [1.54, 1.807) is 24.3 Å². The standard InChI is InChI=1S/C24H25FN6O5/c1-34-18-11-16(17(25)12-19(18)35-2)20(29-14-8-6-13(7-9-14)21(26)27)23(33)31-30-22(32)15-5-4-10-28-24(15)36-3/h4-12,20,29H,1-3H3,(H3,26,27)(H,30,32)(H,31,33). The van der Waals surface area contributed by atoms with E-state index in [4.69, 9.17) is 25.4 Å². The third kappa shape index (κ3) is 5.78. The molecule has 0 bridgehead atoms. The summed E-state index contributed by atoms with van der Waals surface area (Å²) >= 11 is 0. The van der Waals surface area contributed by atoms with E-state index in [1.807, 2.05) is 0 Å². The molecule has 2 amide bonds. The van der Waals surface area contributed by atoms with E-state index < -0.39 is 23.7 Å². The number of nitrogens with one attached hydrogen (secondary N) is 4. The number of ether oxygens (including phenoxy) is 3. The van der Waals surface area contributed by atoms with Gasteiger partial charge in [-0.15, -0.1) is 0 Å². The quantitative estimate of drug-likeness (QED) is 0.171. The van der Waals surface area contributed by atoms with Crippen LogP contribution in [0.25, 0.3) is 0 Å². The lowest BCUT2D eigenvalue weighted by atomic mass is 10.0. The van der Waals surface area contributed by atoms with Crippen molar-refractivity contribution in [3.63, 3.8) is 0 Å². The first-order chi connectivity index (χ1) is 17.3. The number of methoxy groups -OCH3 is 3. The van der Waals surface area contributed by atoms with Crippen LogP contribution in [0.2, 0.25) is 0 Å². The highest BCUT2D eigenvalue weighted by Crippen LogP contribution is 2.34. The fourth-order valence-electron chi connectivity index (χ4n) is 3.27. The van der Waals surface area contributed by atoms with Crippen molar-refractivity contribution in [3.05, 3.63) is 77.2 Å². The minimum Gasteiger partial charge on any atom is -0.493 e. The number of benzene rings is 2. The molecule has 0 fully saturated rings. The van der Waals surface area contributed by atoms with E-state index in [0.717, 1.165) is 6.07 Å². The van der Waals surface area contributed by atoms with Crippen molar-refractivity contribution < 1.29 is 28.2 Å². The normalized spacial score (nSPS) is 11.1. The molecule has 0 spiro atoms. The third-order valence-electron chi connectivity index (χ3n) is 5.09. The Morgan fingerprint density at radius 3 is 2.28 bits per heavy atom. The van der Waals surface area contributed by atoms with Gasteiger partial charge in [0.2, 0.25) is 5.88 Å². The molecule has 1 atom stereocenters. The largest absolute Gasteiger partial charge is 0.493 e. The number of hydrazine groups is 1. The molecule has 3 aromatic rings. The van der Waals surface area contributed by atoms with Crippen molar-refractivity contribution in [2.45, 2.75) is 6.04 Å². The number of rotatable bonds is 9. The molecule has 0 radical (unpaired) electrons. The molecular formula is C24H25FN6O5. The van der Waals surface area contributed by atoms with Crippen molar-refractivity contribution >= 4 is 23.3 Å². The lowest BCUT2D eigenvalue weighted by molar-refractivity contribution is -0.122. The number of nitrogens with two attached hydrogens (primary N) is 1. The molecule has 1 aromatic heterocycles. The van der Waals surface area contributed by atoms with Gasteiger partial charge in [-0.25, -0.2) is 9.37 Å². The summed E-state index contributed by atoms with van der Waals surface area (Å²) in [7, 11) is 4.09. The Kier molecular flexibility index (Phi) is 8.23. The predicted octanol–water partition coefficient (Wildman–Crippen LogP) is 2.14. The Morgan fingerprint density at radius 2 is 1.67 bits per heavy atom. The fourth-order valence-corrected chi connectivity index (χ4v) is 3.27. The van der Waals surface area contributed by atoms with Crippen LogP contribution in [0.5, 0.6) is 17.4 Å². The van der Waals surface area contributed by atoms with Gasteiger partial charge < -0.3 is 25.3 Å². The maximum absolute atomic E-state index is 15.1. The van der Waals surface area contributed by atoms with Gasteiger partial charge in [0.25, 0.3) is 11.8 Å². The van der Waals surface area contributed by atoms with Crippen molar-refractivity contribution in [1.29, 1.82) is 5.41 Å². The zero-order chi connectivity index (χ0) is 26.2. The first-order valence-electron chi connectivity index (χ1n) is 10.5. The fraction of sp³-hybridized carbons (Fsp3) is 0.167. The number of nitrogens with zero attached hydrogens (tertiary/aromatic N) is 1. The Hall–Kier alpha value is -4.87. The van der Waals surface area contributed by atoms with Crippen LogP contribution >= 0.6 is 0 Å². The van der Waals surface area contributed by atoms with Crippen molar-refractivity contribution in [3.8, 4) is 17.4 Å². The number of anilines is 1. The number of hydrogen-bond acceptors (Lipinski definition) is 8. The van der Waals surface area contributed by atoms with Gasteiger partial charge in [-0.05, 0) is 42.5 Å². The highest BCUT2D eigenvalue weighted by Gasteiger charge is 2.27. The Bertz CT molecular complexity index is 1270. The van der Waals surface area contributed by atoms with Gasteiger partial charge in [-0.2, -0.15) is 0 Å². The summed E-state index contributed by atoms with van der Waals surface area (Å²) in [6.07, 6.45) is 1.45. The topological polar surface area (TPSA) is 161 Å². The number of nitrogen functional groups attached to an aromatic ring is 1. The molecule has 188 valence electrons. The predicted molar refractivity (Wildman–Crippen MR) is 130 cm³/mol. The van der Waals surface area contributed by atoms with Gasteiger partial charge in [-0.3, -0.25) is 25.8 Å². The van der Waals surface area contributed by atoms with Gasteiger partial charge in [0.05, 0.1) is 21.3 Å². The smallest absolute Gasteiger partial charge is 0.275 e. The lowest BCUT2D eigenvalue weighted by Crippen LogP contribution is -2.45. The van der Waals surface area contributed by atoms with E-state index in [-0.39, 0.29) is 34.3 Å². The lowest BCUT2D eigenvalue weighted by Gasteiger charge is -2.22. The van der Waals surface area contributed by atoms with E-state index >= 15 is 4.39 Å². The second kappa shape index (κ2) is 11.5. The minimum absolute atomic E-state index is 0.0652. The molecular weight excluding hydrogens is 471 g/mol. The third-order valence-corrected chi connectivity index (χ3v) is 5.09. The summed E-state index contributed by atoms with van der Waals surface area (Å²) in [4.78, 5) is 29.7. The zero-order valence-corrected chi connectivity index (χ0v) is 19.7. The Labute approximate surface area is 206 Å². The summed E-state index contributed by atoms with van der Waals surface area (Å²) in [5.74, 6) is -1.95. The number of amides is 2. The van der Waals surface area contributed by atoms with Gasteiger partial charge in [0.15, 0.2) is 11.5 Å². The molecule has 0 saturated carbocycles. The second-order valence-electron chi connectivity index (χ2n) is 7.30. The van der Waals surface area contributed by atoms with E-state index in [9.17, 15) is 9.59 Å². The summed E-state index contributed by atoms with van der Waals surface area (Å²) in [5, 5.41) is 10.4. The number of hydrogen-bond donors (Lipinski definition) is 5. The number of halogens is 1. The van der Waals surface area contributed by atoms with Gasteiger partial charge in [0, 0.05) is 29.1 Å². The summed E-state index contributed by atoms with van der Waals surface area (Å²) in [6.45, 7) is 0. The molecule has 36 heavy (non-hydrogen) atoms.